The standard InChI is InChI=1S/C13H17N/c1-2-9-6-12-11-4-3-10(5-11)7-13(12)14-8-9/h6,8,10-11H,2-5,7H2,1H3. The Morgan fingerprint density at radius 1 is 1.43 bits per heavy atom. The Balaban J connectivity index is 2.06. The maximum atomic E-state index is 4.63. The second-order valence-corrected chi connectivity index (χ2v) is 4.81. The van der Waals surface area contributed by atoms with Gasteiger partial charge in [-0.2, -0.15) is 0 Å². The van der Waals surface area contributed by atoms with E-state index in [1.807, 2.05) is 0 Å². The van der Waals surface area contributed by atoms with Gasteiger partial charge in [-0.1, -0.05) is 13.0 Å². The quantitative estimate of drug-likeness (QED) is 0.658. The number of hydrogen-bond donors (Lipinski definition) is 0. The van der Waals surface area contributed by atoms with Gasteiger partial charge >= 0.3 is 0 Å². The lowest BCUT2D eigenvalue weighted by atomic mass is 9.85. The molecule has 0 amide bonds. The molecule has 1 heterocycles. The average molecular weight is 187 g/mol. The van der Waals surface area contributed by atoms with Gasteiger partial charge in [0.1, 0.15) is 0 Å². The minimum Gasteiger partial charge on any atom is -0.261 e. The van der Waals surface area contributed by atoms with E-state index in [2.05, 4.69) is 24.2 Å². The fourth-order valence-corrected chi connectivity index (χ4v) is 3.09. The molecule has 1 fully saturated rings. The molecule has 0 N–H and O–H groups in total. The Morgan fingerprint density at radius 3 is 3.21 bits per heavy atom. The SMILES string of the molecule is CCc1cnc2c(c1)C1CCC(C2)C1. The fraction of sp³-hybridized carbons (Fsp3) is 0.615. The van der Waals surface area contributed by atoms with E-state index in [9.17, 15) is 0 Å². The summed E-state index contributed by atoms with van der Waals surface area (Å²) in [4.78, 5) is 4.63. The predicted molar refractivity (Wildman–Crippen MR) is 57.4 cm³/mol. The van der Waals surface area contributed by atoms with Crippen LogP contribution < -0.4 is 0 Å². The van der Waals surface area contributed by atoms with E-state index in [0.29, 0.717) is 0 Å². The van der Waals surface area contributed by atoms with E-state index in [1.54, 1.807) is 5.56 Å². The van der Waals surface area contributed by atoms with Crippen LogP contribution in [0.5, 0.6) is 0 Å². The molecular formula is C13H17N. The number of hydrogen-bond acceptors (Lipinski definition) is 1. The topological polar surface area (TPSA) is 12.9 Å². The summed E-state index contributed by atoms with van der Waals surface area (Å²) in [5.41, 5.74) is 4.40. The van der Waals surface area contributed by atoms with Crippen LogP contribution in [0.3, 0.4) is 0 Å². The van der Waals surface area contributed by atoms with Crippen LogP contribution in [0.1, 0.15) is 48.9 Å². The lowest BCUT2D eigenvalue weighted by molar-refractivity contribution is 0.500. The minimum absolute atomic E-state index is 0.850. The molecular weight excluding hydrogens is 170 g/mol. The van der Waals surface area contributed by atoms with Gasteiger partial charge in [-0.25, -0.2) is 0 Å². The van der Waals surface area contributed by atoms with Gasteiger partial charge in [0.2, 0.25) is 0 Å². The van der Waals surface area contributed by atoms with Crippen molar-refractivity contribution in [3.63, 3.8) is 0 Å². The summed E-state index contributed by atoms with van der Waals surface area (Å²) < 4.78 is 0. The van der Waals surface area contributed by atoms with Crippen molar-refractivity contribution in [1.29, 1.82) is 0 Å². The summed E-state index contributed by atoms with van der Waals surface area (Å²) in [6.07, 6.45) is 8.71. The Labute approximate surface area is 85.6 Å². The van der Waals surface area contributed by atoms with Crippen LogP contribution in [0, 0.1) is 5.92 Å². The minimum atomic E-state index is 0.850. The summed E-state index contributed by atoms with van der Waals surface area (Å²) in [7, 11) is 0. The molecule has 14 heavy (non-hydrogen) atoms. The van der Waals surface area contributed by atoms with E-state index >= 15 is 0 Å². The third-order valence-electron chi connectivity index (χ3n) is 3.93. The molecule has 2 aliphatic rings. The Bertz CT molecular complexity index is 356. The molecule has 2 atom stereocenters. The van der Waals surface area contributed by atoms with Crippen molar-refractivity contribution >= 4 is 0 Å². The van der Waals surface area contributed by atoms with E-state index in [0.717, 1.165) is 18.3 Å². The van der Waals surface area contributed by atoms with Crippen LogP contribution >= 0.6 is 0 Å². The van der Waals surface area contributed by atoms with Gasteiger partial charge in [-0.05, 0) is 55.1 Å². The number of pyridine rings is 1. The van der Waals surface area contributed by atoms with Gasteiger partial charge in [0, 0.05) is 11.9 Å². The highest BCUT2D eigenvalue weighted by molar-refractivity contribution is 5.32. The molecule has 0 aliphatic heterocycles. The Hall–Kier alpha value is -0.850. The van der Waals surface area contributed by atoms with Crippen molar-refractivity contribution in [2.45, 2.75) is 44.9 Å². The number of nitrogens with zero attached hydrogens (tertiary/aromatic N) is 1. The van der Waals surface area contributed by atoms with Crippen LogP contribution in [-0.4, -0.2) is 4.98 Å². The summed E-state index contributed by atoms with van der Waals surface area (Å²) in [5.74, 6) is 1.80. The molecule has 2 unspecified atom stereocenters. The largest absolute Gasteiger partial charge is 0.261 e. The van der Waals surface area contributed by atoms with E-state index in [1.165, 1.54) is 36.9 Å². The van der Waals surface area contributed by atoms with Crippen LogP contribution in [0.25, 0.3) is 0 Å². The molecule has 0 aromatic carbocycles. The van der Waals surface area contributed by atoms with Gasteiger partial charge in [0.25, 0.3) is 0 Å². The van der Waals surface area contributed by atoms with Crippen molar-refractivity contribution in [3.05, 3.63) is 29.1 Å². The molecule has 1 heteroatoms. The van der Waals surface area contributed by atoms with Crippen molar-refractivity contribution in [2.24, 2.45) is 5.92 Å². The molecule has 1 aromatic heterocycles. The van der Waals surface area contributed by atoms with Crippen molar-refractivity contribution in [2.75, 3.05) is 0 Å². The average Bonchev–Trinajstić information content (AvgIpc) is 2.61. The van der Waals surface area contributed by atoms with Crippen LogP contribution in [0.4, 0.5) is 0 Å². The third kappa shape index (κ3) is 1.18. The Morgan fingerprint density at radius 2 is 2.36 bits per heavy atom. The summed E-state index contributed by atoms with van der Waals surface area (Å²) in [6, 6.07) is 2.41. The molecule has 3 rings (SSSR count). The number of rotatable bonds is 1. The molecule has 74 valence electrons. The van der Waals surface area contributed by atoms with Crippen molar-refractivity contribution in [1.82, 2.24) is 4.98 Å². The predicted octanol–water partition coefficient (Wildman–Crippen LogP) is 3.08. The molecule has 2 aliphatic carbocycles. The van der Waals surface area contributed by atoms with Gasteiger partial charge in [-0.15, -0.1) is 0 Å². The zero-order chi connectivity index (χ0) is 9.54. The highest BCUT2D eigenvalue weighted by Crippen LogP contribution is 2.45. The first-order chi connectivity index (χ1) is 6.86. The van der Waals surface area contributed by atoms with E-state index in [4.69, 9.17) is 0 Å². The second kappa shape index (κ2) is 3.08. The monoisotopic (exact) mass is 187 g/mol. The number of aromatic nitrogens is 1. The first-order valence-corrected chi connectivity index (χ1v) is 5.84. The summed E-state index contributed by atoms with van der Waals surface area (Å²) >= 11 is 0. The first kappa shape index (κ1) is 8.46. The van der Waals surface area contributed by atoms with Crippen LogP contribution in [-0.2, 0) is 12.8 Å². The van der Waals surface area contributed by atoms with Gasteiger partial charge in [0.05, 0.1) is 0 Å². The molecule has 0 saturated heterocycles. The zero-order valence-corrected chi connectivity index (χ0v) is 8.79. The van der Waals surface area contributed by atoms with Crippen LogP contribution in [0.2, 0.25) is 0 Å². The first-order valence-electron chi connectivity index (χ1n) is 5.84. The van der Waals surface area contributed by atoms with E-state index in [-0.39, 0.29) is 0 Å². The highest BCUT2D eigenvalue weighted by atomic mass is 14.7. The maximum Gasteiger partial charge on any atom is 0.0441 e. The molecule has 1 nitrogen and oxygen atoms in total. The maximum absolute atomic E-state index is 4.63. The molecule has 0 spiro atoms. The zero-order valence-electron chi connectivity index (χ0n) is 8.79. The van der Waals surface area contributed by atoms with Crippen molar-refractivity contribution < 1.29 is 0 Å². The van der Waals surface area contributed by atoms with Crippen LogP contribution in [0.15, 0.2) is 12.3 Å². The number of aryl methyl sites for hydroxylation is 1. The fourth-order valence-electron chi connectivity index (χ4n) is 3.09. The summed E-state index contributed by atoms with van der Waals surface area (Å²) in [6.45, 7) is 2.21. The molecule has 2 bridgehead atoms. The lowest BCUT2D eigenvalue weighted by Gasteiger charge is -2.22. The second-order valence-electron chi connectivity index (χ2n) is 4.81. The lowest BCUT2D eigenvalue weighted by Crippen LogP contribution is -2.12. The van der Waals surface area contributed by atoms with Gasteiger partial charge in [0.15, 0.2) is 0 Å². The highest BCUT2D eigenvalue weighted by Gasteiger charge is 2.33. The summed E-state index contributed by atoms with van der Waals surface area (Å²) in [5, 5.41) is 0. The van der Waals surface area contributed by atoms with Gasteiger partial charge in [-0.3, -0.25) is 4.98 Å². The van der Waals surface area contributed by atoms with Crippen molar-refractivity contribution in [3.8, 4) is 0 Å². The van der Waals surface area contributed by atoms with Gasteiger partial charge < -0.3 is 0 Å². The normalized spacial score (nSPS) is 28.9. The van der Waals surface area contributed by atoms with E-state index < -0.39 is 0 Å². The Kier molecular flexibility index (Phi) is 1.86. The molecule has 0 radical (unpaired) electrons. The smallest absolute Gasteiger partial charge is 0.0441 e. The molecule has 1 aromatic rings. The number of fused-ring (bicyclic) bond motifs is 4. The molecule has 1 saturated carbocycles. The third-order valence-corrected chi connectivity index (χ3v) is 3.93.